The van der Waals surface area contributed by atoms with Gasteiger partial charge in [0.1, 0.15) is 0 Å². The SMILES string of the molecule is COC(=O)c1ccc2cc(/C=C/S(=O)(=O)OC(F)F)ccc2c1.Cc1c(C(=O)O)ccc2cc(/C=C/S(=O)(=O)OC(F)F)ccc12. The predicted molar refractivity (Wildman–Crippen MR) is 161 cm³/mol. The van der Waals surface area contributed by atoms with E-state index >= 15 is 0 Å². The quantitative estimate of drug-likeness (QED) is 0.111. The minimum Gasteiger partial charge on any atom is -0.478 e. The lowest BCUT2D eigenvalue weighted by Gasteiger charge is -2.07. The zero-order chi connectivity index (χ0) is 34.2. The van der Waals surface area contributed by atoms with Crippen molar-refractivity contribution in [2.75, 3.05) is 7.11 Å². The first kappa shape index (κ1) is 35.8. The number of carbonyl (C=O) groups excluding carboxylic acids is 1. The van der Waals surface area contributed by atoms with Crippen molar-refractivity contribution >= 4 is 65.9 Å². The van der Waals surface area contributed by atoms with Gasteiger partial charge in [0.05, 0.1) is 29.1 Å². The molecular weight excluding hydrogens is 660 g/mol. The number of benzene rings is 4. The molecule has 16 heteroatoms. The number of aromatic carboxylic acids is 1. The van der Waals surface area contributed by atoms with Crippen molar-refractivity contribution in [1.82, 2.24) is 0 Å². The summed E-state index contributed by atoms with van der Waals surface area (Å²) in [5.41, 5.74) is 2.07. The monoisotopic (exact) mass is 684 g/mol. The second-order valence-corrected chi connectivity index (χ2v) is 12.0. The highest BCUT2D eigenvalue weighted by Gasteiger charge is 2.15. The average Bonchev–Trinajstić information content (AvgIpc) is 2.97. The van der Waals surface area contributed by atoms with Crippen LogP contribution in [-0.2, 0) is 33.3 Å². The Morgan fingerprint density at radius 1 is 0.717 bits per heavy atom. The van der Waals surface area contributed by atoms with Gasteiger partial charge in [0.15, 0.2) is 0 Å². The van der Waals surface area contributed by atoms with E-state index in [1.165, 1.54) is 13.2 Å². The fourth-order valence-corrected chi connectivity index (χ4v) is 5.22. The van der Waals surface area contributed by atoms with Crippen LogP contribution in [0, 0.1) is 6.92 Å². The van der Waals surface area contributed by atoms with Crippen LogP contribution in [0.3, 0.4) is 0 Å². The van der Waals surface area contributed by atoms with Gasteiger partial charge in [-0.25, -0.2) is 9.59 Å². The Kier molecular flexibility index (Phi) is 11.8. The highest BCUT2D eigenvalue weighted by molar-refractivity contribution is 7.90. The normalized spacial score (nSPS) is 12.3. The molecule has 10 nitrogen and oxygen atoms in total. The molecule has 0 unspecified atom stereocenters. The zero-order valence-corrected chi connectivity index (χ0v) is 25.4. The summed E-state index contributed by atoms with van der Waals surface area (Å²) in [6.45, 7) is -5.15. The van der Waals surface area contributed by atoms with Gasteiger partial charge in [-0.1, -0.05) is 36.4 Å². The largest absolute Gasteiger partial charge is 0.478 e. The molecular formula is C30H24F4O10S2. The molecule has 0 aliphatic heterocycles. The van der Waals surface area contributed by atoms with Crippen molar-refractivity contribution in [3.05, 3.63) is 105 Å². The molecule has 0 fully saturated rings. The van der Waals surface area contributed by atoms with E-state index in [0.29, 0.717) is 43.8 Å². The Morgan fingerprint density at radius 2 is 1.20 bits per heavy atom. The van der Waals surface area contributed by atoms with Crippen LogP contribution >= 0.6 is 0 Å². The highest BCUT2D eigenvalue weighted by Crippen LogP contribution is 2.24. The molecule has 46 heavy (non-hydrogen) atoms. The second-order valence-electron chi connectivity index (χ2n) is 9.14. The topological polar surface area (TPSA) is 150 Å². The third-order valence-corrected chi connectivity index (χ3v) is 7.86. The number of carboxylic acid groups (broad SMARTS) is 1. The Morgan fingerprint density at radius 3 is 1.72 bits per heavy atom. The number of methoxy groups -OCH3 is 1. The molecule has 0 amide bonds. The van der Waals surface area contributed by atoms with Crippen LogP contribution in [0.1, 0.15) is 37.4 Å². The first-order valence-corrected chi connectivity index (χ1v) is 15.6. The number of aryl methyl sites for hydroxylation is 1. The number of ether oxygens (including phenoxy) is 1. The molecule has 0 bridgehead atoms. The van der Waals surface area contributed by atoms with Crippen LogP contribution in [0.5, 0.6) is 0 Å². The molecule has 0 aliphatic carbocycles. The number of fused-ring (bicyclic) bond motifs is 2. The summed E-state index contributed by atoms with van der Waals surface area (Å²) in [6.07, 6.45) is 2.27. The molecule has 0 radical (unpaired) electrons. The van der Waals surface area contributed by atoms with Crippen molar-refractivity contribution in [1.29, 1.82) is 0 Å². The number of carboxylic acids is 1. The third kappa shape index (κ3) is 10.2. The Balaban J connectivity index is 0.000000250. The summed E-state index contributed by atoms with van der Waals surface area (Å²) in [5, 5.41) is 13.1. The molecule has 0 spiro atoms. The van der Waals surface area contributed by atoms with Gasteiger partial charge < -0.3 is 9.84 Å². The first-order valence-electron chi connectivity index (χ1n) is 12.7. The summed E-state index contributed by atoms with van der Waals surface area (Å²) in [7, 11) is -7.63. The molecule has 4 aromatic carbocycles. The maximum absolute atomic E-state index is 11.9. The molecule has 1 N–H and O–H groups in total. The van der Waals surface area contributed by atoms with Gasteiger partial charge in [-0.05, 0) is 87.6 Å². The van der Waals surface area contributed by atoms with Crippen molar-refractivity contribution in [2.45, 2.75) is 20.1 Å². The van der Waals surface area contributed by atoms with Crippen molar-refractivity contribution < 1.29 is 62.2 Å². The molecule has 0 aliphatic rings. The Hall–Kier alpha value is -4.64. The van der Waals surface area contributed by atoms with Crippen LogP contribution in [0.15, 0.2) is 77.5 Å². The Labute approximate surface area is 260 Å². The molecule has 4 rings (SSSR count). The van der Waals surface area contributed by atoms with Gasteiger partial charge in [-0.15, -0.1) is 0 Å². The van der Waals surface area contributed by atoms with Crippen LogP contribution < -0.4 is 0 Å². The van der Waals surface area contributed by atoms with Gasteiger partial charge in [0.25, 0.3) is 20.2 Å². The van der Waals surface area contributed by atoms with E-state index in [-0.39, 0.29) is 5.56 Å². The smallest absolute Gasteiger partial charge is 0.359 e. The van der Waals surface area contributed by atoms with E-state index < -0.39 is 45.4 Å². The van der Waals surface area contributed by atoms with Crippen LogP contribution in [-0.4, -0.2) is 54.2 Å². The molecule has 0 atom stereocenters. The number of carbonyl (C=O) groups is 2. The van der Waals surface area contributed by atoms with Crippen molar-refractivity contribution in [3.8, 4) is 0 Å². The third-order valence-electron chi connectivity index (χ3n) is 6.10. The van der Waals surface area contributed by atoms with E-state index in [1.807, 2.05) is 0 Å². The van der Waals surface area contributed by atoms with E-state index in [9.17, 15) is 44.0 Å². The van der Waals surface area contributed by atoms with Gasteiger partial charge in [0.2, 0.25) is 0 Å². The van der Waals surface area contributed by atoms with Crippen molar-refractivity contribution in [2.24, 2.45) is 0 Å². The summed E-state index contributed by atoms with van der Waals surface area (Å²) < 4.78 is 104. The zero-order valence-electron chi connectivity index (χ0n) is 23.8. The number of alkyl halides is 4. The lowest BCUT2D eigenvalue weighted by atomic mass is 9.98. The van der Waals surface area contributed by atoms with Crippen LogP contribution in [0.25, 0.3) is 33.7 Å². The lowest BCUT2D eigenvalue weighted by molar-refractivity contribution is -0.0443. The molecule has 0 aromatic heterocycles. The fourth-order valence-electron chi connectivity index (χ4n) is 4.04. The summed E-state index contributed by atoms with van der Waals surface area (Å²) in [4.78, 5) is 22.5. The minimum absolute atomic E-state index is 0.175. The number of hydrogen-bond donors (Lipinski definition) is 1. The summed E-state index contributed by atoms with van der Waals surface area (Å²) >= 11 is 0. The fraction of sp³-hybridized carbons (Fsp3) is 0.133. The van der Waals surface area contributed by atoms with E-state index in [0.717, 1.165) is 22.9 Å². The maximum Gasteiger partial charge on any atom is 0.359 e. The summed E-state index contributed by atoms with van der Waals surface area (Å²) in [6, 6.07) is 17.6. The standard InChI is InChI=1S/2C15H12F2O5S/c1-9-12-4-2-10(6-7-23(20,21)22-15(16)17)8-11(12)3-5-13(9)14(18)19;1-21-14(18)13-5-4-11-8-10(2-3-12(11)9-13)6-7-23(19,20)22-15(16)17/h2-8,15H,1H3,(H,18,19);2-9,15H,1H3/b2*7-6+. The number of rotatable bonds is 10. The van der Waals surface area contributed by atoms with Gasteiger partial charge in [-0.3, -0.25) is 0 Å². The molecule has 244 valence electrons. The number of hydrogen-bond acceptors (Lipinski definition) is 9. The van der Waals surface area contributed by atoms with Crippen LogP contribution in [0.4, 0.5) is 17.6 Å². The molecule has 0 saturated carbocycles. The van der Waals surface area contributed by atoms with E-state index in [4.69, 9.17) is 5.11 Å². The lowest BCUT2D eigenvalue weighted by Crippen LogP contribution is -2.06. The highest BCUT2D eigenvalue weighted by atomic mass is 32.2. The Bertz CT molecular complexity index is 2040. The molecule has 4 aromatic rings. The van der Waals surface area contributed by atoms with Gasteiger partial charge in [0, 0.05) is 0 Å². The first-order chi connectivity index (χ1) is 21.5. The molecule has 0 heterocycles. The predicted octanol–water partition coefficient (Wildman–Crippen LogP) is 6.55. The van der Waals surface area contributed by atoms with Gasteiger partial charge in [-0.2, -0.15) is 42.8 Å². The number of esters is 1. The summed E-state index contributed by atoms with van der Waals surface area (Å²) in [5.74, 6) is -1.50. The van der Waals surface area contributed by atoms with Gasteiger partial charge >= 0.3 is 25.2 Å². The average molecular weight is 685 g/mol. The van der Waals surface area contributed by atoms with E-state index in [2.05, 4.69) is 13.1 Å². The van der Waals surface area contributed by atoms with Crippen molar-refractivity contribution in [3.63, 3.8) is 0 Å². The van der Waals surface area contributed by atoms with E-state index in [1.54, 1.807) is 67.6 Å². The second kappa shape index (κ2) is 15.1. The minimum atomic E-state index is -4.47. The number of halogens is 4. The molecule has 0 saturated heterocycles. The van der Waals surface area contributed by atoms with Crippen LogP contribution in [0.2, 0.25) is 0 Å². The maximum atomic E-state index is 11.9.